The Kier molecular flexibility index (Phi) is 4.61. The Morgan fingerprint density at radius 2 is 1.57 bits per heavy atom. The lowest BCUT2D eigenvalue weighted by molar-refractivity contribution is 1.00. The minimum Gasteiger partial charge on any atom is -0.0833 e. The molecule has 1 aromatic rings. The molecular formula is C9H7Br2Cl3. The highest BCUT2D eigenvalue weighted by Gasteiger charge is 2.23. The molecule has 0 unspecified atom stereocenters. The Labute approximate surface area is 115 Å². The SMILES string of the molecule is Cc1cc(Br)c(CC(Cl)(Cl)Cl)c(Br)c1. The minimum absolute atomic E-state index is 0.374. The van der Waals surface area contributed by atoms with E-state index in [-0.39, 0.29) is 0 Å². The van der Waals surface area contributed by atoms with Gasteiger partial charge in [0.1, 0.15) is 0 Å². The monoisotopic (exact) mass is 378 g/mol. The normalized spacial score (nSPS) is 11.9. The number of halogens is 5. The van der Waals surface area contributed by atoms with Gasteiger partial charge in [0.15, 0.2) is 3.79 Å². The van der Waals surface area contributed by atoms with E-state index < -0.39 is 3.79 Å². The van der Waals surface area contributed by atoms with Crippen molar-refractivity contribution in [2.24, 2.45) is 0 Å². The van der Waals surface area contributed by atoms with Gasteiger partial charge >= 0.3 is 0 Å². The van der Waals surface area contributed by atoms with Crippen LogP contribution in [0, 0.1) is 6.92 Å². The second-order valence-electron chi connectivity index (χ2n) is 3.00. The van der Waals surface area contributed by atoms with Crippen molar-refractivity contribution in [2.75, 3.05) is 0 Å². The molecule has 78 valence electrons. The smallest absolute Gasteiger partial charge is 0.0833 e. The number of hydrogen-bond donors (Lipinski definition) is 0. The van der Waals surface area contributed by atoms with E-state index in [2.05, 4.69) is 31.9 Å². The van der Waals surface area contributed by atoms with E-state index in [0.29, 0.717) is 6.42 Å². The fourth-order valence-electron chi connectivity index (χ4n) is 1.10. The molecule has 0 fully saturated rings. The van der Waals surface area contributed by atoms with Gasteiger partial charge < -0.3 is 0 Å². The van der Waals surface area contributed by atoms with Gasteiger partial charge in [-0.05, 0) is 30.2 Å². The van der Waals surface area contributed by atoms with Crippen LogP contribution < -0.4 is 0 Å². The molecule has 0 bridgehead atoms. The van der Waals surface area contributed by atoms with Crippen LogP contribution in [0.3, 0.4) is 0 Å². The van der Waals surface area contributed by atoms with Crippen molar-refractivity contribution in [1.82, 2.24) is 0 Å². The second-order valence-corrected chi connectivity index (χ2v) is 7.22. The summed E-state index contributed by atoms with van der Waals surface area (Å²) < 4.78 is 0.645. The maximum atomic E-state index is 5.74. The third-order valence-corrected chi connectivity index (χ3v) is 3.48. The predicted molar refractivity (Wildman–Crippen MR) is 70.6 cm³/mol. The number of hydrogen-bond acceptors (Lipinski definition) is 0. The first-order chi connectivity index (χ1) is 6.29. The van der Waals surface area contributed by atoms with E-state index in [0.717, 1.165) is 20.1 Å². The molecule has 0 aliphatic rings. The molecule has 0 aliphatic carbocycles. The lowest BCUT2D eigenvalue weighted by atomic mass is 10.1. The Balaban J connectivity index is 3.09. The van der Waals surface area contributed by atoms with Gasteiger partial charge in [-0.2, -0.15) is 0 Å². The molecule has 0 N–H and O–H groups in total. The summed E-state index contributed by atoms with van der Waals surface area (Å²) in [4.78, 5) is 0. The minimum atomic E-state index is -1.26. The molecule has 0 aromatic heterocycles. The van der Waals surface area contributed by atoms with Crippen LogP contribution in [0.1, 0.15) is 11.1 Å². The molecule has 0 heterocycles. The van der Waals surface area contributed by atoms with Gasteiger partial charge in [-0.25, -0.2) is 0 Å². The highest BCUT2D eigenvalue weighted by atomic mass is 79.9. The van der Waals surface area contributed by atoms with Crippen LogP contribution >= 0.6 is 66.7 Å². The third-order valence-electron chi connectivity index (χ3n) is 1.66. The molecule has 0 nitrogen and oxygen atoms in total. The highest BCUT2D eigenvalue weighted by Crippen LogP contribution is 2.36. The Morgan fingerprint density at radius 3 is 1.93 bits per heavy atom. The van der Waals surface area contributed by atoms with Gasteiger partial charge in [0.25, 0.3) is 0 Å². The van der Waals surface area contributed by atoms with Crippen molar-refractivity contribution < 1.29 is 0 Å². The van der Waals surface area contributed by atoms with Gasteiger partial charge in [0, 0.05) is 15.4 Å². The summed E-state index contributed by atoms with van der Waals surface area (Å²) in [7, 11) is 0. The lowest BCUT2D eigenvalue weighted by Gasteiger charge is -2.14. The highest BCUT2D eigenvalue weighted by molar-refractivity contribution is 9.11. The molecule has 0 saturated carbocycles. The summed E-state index contributed by atoms with van der Waals surface area (Å²) in [6.45, 7) is 2.01. The summed E-state index contributed by atoms with van der Waals surface area (Å²) in [5.74, 6) is 0. The zero-order valence-corrected chi connectivity index (χ0v) is 12.7. The van der Waals surface area contributed by atoms with Crippen molar-refractivity contribution >= 4 is 66.7 Å². The van der Waals surface area contributed by atoms with Crippen LogP contribution in [-0.2, 0) is 6.42 Å². The van der Waals surface area contributed by atoms with Crippen LogP contribution in [-0.4, -0.2) is 3.79 Å². The standard InChI is InChI=1S/C9H7Br2Cl3/c1-5-2-7(10)6(8(11)3-5)4-9(12,13)14/h2-3H,4H2,1H3. The van der Waals surface area contributed by atoms with Crippen molar-refractivity contribution in [2.45, 2.75) is 17.1 Å². The number of rotatable bonds is 1. The van der Waals surface area contributed by atoms with Gasteiger partial charge in [-0.3, -0.25) is 0 Å². The summed E-state index contributed by atoms with van der Waals surface area (Å²) >= 11 is 24.1. The average Bonchev–Trinajstić information content (AvgIpc) is 1.95. The molecular weight excluding hydrogens is 374 g/mol. The molecule has 14 heavy (non-hydrogen) atoms. The average molecular weight is 381 g/mol. The Morgan fingerprint density at radius 1 is 1.14 bits per heavy atom. The molecule has 0 saturated heterocycles. The van der Waals surface area contributed by atoms with Crippen LogP contribution in [0.4, 0.5) is 0 Å². The number of aryl methyl sites for hydroxylation is 1. The summed E-state index contributed by atoms with van der Waals surface area (Å²) in [5, 5.41) is 0. The van der Waals surface area contributed by atoms with Crippen LogP contribution in [0.5, 0.6) is 0 Å². The first-order valence-corrected chi connectivity index (χ1v) is 6.53. The van der Waals surface area contributed by atoms with Gasteiger partial charge in [-0.1, -0.05) is 66.7 Å². The van der Waals surface area contributed by atoms with E-state index >= 15 is 0 Å². The number of benzene rings is 1. The molecule has 1 aromatic carbocycles. The van der Waals surface area contributed by atoms with E-state index in [1.54, 1.807) is 0 Å². The molecule has 0 spiro atoms. The summed E-state index contributed by atoms with van der Waals surface area (Å²) in [6, 6.07) is 3.99. The lowest BCUT2D eigenvalue weighted by Crippen LogP contribution is -2.08. The first kappa shape index (κ1) is 13.1. The summed E-state index contributed by atoms with van der Waals surface area (Å²) in [5.41, 5.74) is 2.12. The molecule has 0 aliphatic heterocycles. The van der Waals surface area contributed by atoms with Crippen molar-refractivity contribution in [3.63, 3.8) is 0 Å². The quantitative estimate of drug-likeness (QED) is 0.569. The van der Waals surface area contributed by atoms with Crippen molar-refractivity contribution in [1.29, 1.82) is 0 Å². The fraction of sp³-hybridized carbons (Fsp3) is 0.333. The maximum Gasteiger partial charge on any atom is 0.194 e. The fourth-order valence-corrected chi connectivity index (χ4v) is 3.20. The van der Waals surface area contributed by atoms with E-state index in [9.17, 15) is 0 Å². The van der Waals surface area contributed by atoms with Gasteiger partial charge in [0.05, 0.1) is 0 Å². The third kappa shape index (κ3) is 3.90. The maximum absolute atomic E-state index is 5.74. The Bertz CT molecular complexity index is 321. The molecule has 0 amide bonds. The zero-order chi connectivity index (χ0) is 10.9. The van der Waals surface area contributed by atoms with Crippen molar-refractivity contribution in [3.8, 4) is 0 Å². The van der Waals surface area contributed by atoms with Crippen molar-refractivity contribution in [3.05, 3.63) is 32.2 Å². The van der Waals surface area contributed by atoms with E-state index in [4.69, 9.17) is 34.8 Å². The van der Waals surface area contributed by atoms with Crippen LogP contribution in [0.2, 0.25) is 0 Å². The summed E-state index contributed by atoms with van der Waals surface area (Å²) in [6.07, 6.45) is 0.374. The molecule has 5 heteroatoms. The first-order valence-electron chi connectivity index (χ1n) is 3.81. The van der Waals surface area contributed by atoms with E-state index in [1.807, 2.05) is 19.1 Å². The second kappa shape index (κ2) is 4.92. The molecule has 1 rings (SSSR count). The van der Waals surface area contributed by atoms with E-state index in [1.165, 1.54) is 0 Å². The van der Waals surface area contributed by atoms with Gasteiger partial charge in [0.2, 0.25) is 0 Å². The zero-order valence-electron chi connectivity index (χ0n) is 7.25. The Hall–Kier alpha value is 1.05. The van der Waals surface area contributed by atoms with Crippen LogP contribution in [0.25, 0.3) is 0 Å². The molecule has 0 atom stereocenters. The van der Waals surface area contributed by atoms with Gasteiger partial charge in [-0.15, -0.1) is 0 Å². The van der Waals surface area contributed by atoms with Crippen LogP contribution in [0.15, 0.2) is 21.1 Å². The number of alkyl halides is 3. The largest absolute Gasteiger partial charge is 0.194 e. The predicted octanol–water partition coefficient (Wildman–Crippen LogP) is 5.43. The molecule has 0 radical (unpaired) electrons. The topological polar surface area (TPSA) is 0 Å².